The number of hydrogen-bond acceptors (Lipinski definition) is 7. The number of nitrogens with zero attached hydrogens (tertiary/aromatic N) is 3. The molecule has 0 spiro atoms. The van der Waals surface area contributed by atoms with E-state index in [-0.39, 0.29) is 24.3 Å². The highest BCUT2D eigenvalue weighted by Crippen LogP contribution is 2.39. The normalized spacial score (nSPS) is 24.1. The van der Waals surface area contributed by atoms with Gasteiger partial charge in [0.2, 0.25) is 0 Å². The Bertz CT molecular complexity index is 836. The third kappa shape index (κ3) is 3.77. The van der Waals surface area contributed by atoms with Gasteiger partial charge in [-0.05, 0) is 13.3 Å². The predicted octanol–water partition coefficient (Wildman–Crippen LogP) is 3.00. The minimum Gasteiger partial charge on any atom is -0.461 e. The second-order valence-corrected chi connectivity index (χ2v) is 6.72. The molecule has 1 aliphatic heterocycles. The van der Waals surface area contributed by atoms with Gasteiger partial charge in [0.25, 0.3) is 0 Å². The van der Waals surface area contributed by atoms with Gasteiger partial charge < -0.3 is 14.2 Å². The summed E-state index contributed by atoms with van der Waals surface area (Å²) in [6, 6.07) is 9.31. The first-order valence-electron chi connectivity index (χ1n) is 9.48. The fourth-order valence-electron chi connectivity index (χ4n) is 3.55. The van der Waals surface area contributed by atoms with Gasteiger partial charge in [-0.15, -0.1) is 5.10 Å². The van der Waals surface area contributed by atoms with E-state index in [2.05, 4.69) is 10.3 Å². The summed E-state index contributed by atoms with van der Waals surface area (Å²) in [7, 11) is 0. The Labute approximate surface area is 163 Å². The number of ether oxygens (including phenoxy) is 3. The van der Waals surface area contributed by atoms with Crippen molar-refractivity contribution in [2.24, 2.45) is 5.92 Å². The molecule has 2 heterocycles. The zero-order valence-electron chi connectivity index (χ0n) is 16.5. The summed E-state index contributed by atoms with van der Waals surface area (Å²) in [5, 5.41) is 8.25. The summed E-state index contributed by atoms with van der Waals surface area (Å²) < 4.78 is 18.4. The quantitative estimate of drug-likeness (QED) is 0.704. The minimum atomic E-state index is -0.685. The Balaban J connectivity index is 2.10. The van der Waals surface area contributed by atoms with E-state index in [1.165, 1.54) is 11.6 Å². The molecule has 3 rings (SSSR count). The largest absolute Gasteiger partial charge is 0.461 e. The summed E-state index contributed by atoms with van der Waals surface area (Å²) >= 11 is 0. The van der Waals surface area contributed by atoms with E-state index in [1.807, 2.05) is 44.2 Å². The Morgan fingerprint density at radius 3 is 2.54 bits per heavy atom. The molecule has 0 N–H and O–H groups in total. The first-order chi connectivity index (χ1) is 13.5. The lowest BCUT2D eigenvalue weighted by atomic mass is 9.98. The molecule has 1 aromatic heterocycles. The average molecular weight is 387 g/mol. The van der Waals surface area contributed by atoms with Crippen LogP contribution in [0.2, 0.25) is 0 Å². The maximum absolute atomic E-state index is 12.4. The molecule has 0 bridgehead atoms. The Morgan fingerprint density at radius 2 is 1.93 bits per heavy atom. The van der Waals surface area contributed by atoms with Crippen LogP contribution in [0.4, 0.5) is 0 Å². The first-order valence-corrected chi connectivity index (χ1v) is 9.48. The van der Waals surface area contributed by atoms with Crippen LogP contribution in [0.3, 0.4) is 0 Å². The third-order valence-corrected chi connectivity index (χ3v) is 4.86. The summed E-state index contributed by atoms with van der Waals surface area (Å²) in [5.74, 6) is -0.985. The van der Waals surface area contributed by atoms with Crippen LogP contribution in [0.1, 0.15) is 50.8 Å². The Kier molecular flexibility index (Phi) is 6.08. The van der Waals surface area contributed by atoms with Gasteiger partial charge in [-0.1, -0.05) is 49.4 Å². The summed E-state index contributed by atoms with van der Waals surface area (Å²) in [6.07, 6.45) is -0.570. The van der Waals surface area contributed by atoms with E-state index in [0.29, 0.717) is 5.69 Å². The zero-order valence-corrected chi connectivity index (χ0v) is 16.5. The molecule has 0 radical (unpaired) electrons. The smallest absolute Gasteiger partial charge is 0.361 e. The summed E-state index contributed by atoms with van der Waals surface area (Å²) in [5.41, 5.74) is 1.32. The monoisotopic (exact) mass is 387 g/mol. The summed E-state index contributed by atoms with van der Waals surface area (Å²) in [6.45, 7) is 7.32. The van der Waals surface area contributed by atoms with Crippen LogP contribution in [0.15, 0.2) is 30.3 Å². The molecule has 8 heteroatoms. The molecule has 1 saturated heterocycles. The van der Waals surface area contributed by atoms with Crippen molar-refractivity contribution in [3.8, 4) is 11.3 Å². The van der Waals surface area contributed by atoms with Crippen molar-refractivity contribution in [2.45, 2.75) is 52.6 Å². The number of benzene rings is 1. The maximum Gasteiger partial charge on any atom is 0.361 e. The second kappa shape index (κ2) is 8.52. The average Bonchev–Trinajstić information content (AvgIpc) is 3.24. The third-order valence-electron chi connectivity index (χ3n) is 4.86. The van der Waals surface area contributed by atoms with Crippen LogP contribution < -0.4 is 0 Å². The second-order valence-electron chi connectivity index (χ2n) is 6.72. The van der Waals surface area contributed by atoms with Crippen LogP contribution in [-0.4, -0.2) is 45.7 Å². The highest BCUT2D eigenvalue weighted by atomic mass is 16.6. The zero-order chi connectivity index (χ0) is 20.3. The summed E-state index contributed by atoms with van der Waals surface area (Å²) in [4.78, 5) is 24.1. The molecule has 2 aromatic rings. The van der Waals surface area contributed by atoms with E-state index >= 15 is 0 Å². The molecular formula is C20H25N3O5. The molecule has 1 aliphatic rings. The number of aromatic nitrogens is 3. The van der Waals surface area contributed by atoms with Gasteiger partial charge in [-0.25, -0.2) is 9.48 Å². The molecule has 4 atom stereocenters. The number of carbonyl (C=O) groups is 2. The number of rotatable bonds is 6. The fraction of sp³-hybridized carbons (Fsp3) is 0.500. The topological polar surface area (TPSA) is 92.5 Å². The number of esters is 2. The van der Waals surface area contributed by atoms with Gasteiger partial charge in [0.15, 0.2) is 18.0 Å². The molecular weight excluding hydrogens is 362 g/mol. The van der Waals surface area contributed by atoms with Crippen molar-refractivity contribution in [1.29, 1.82) is 0 Å². The van der Waals surface area contributed by atoms with Crippen LogP contribution >= 0.6 is 0 Å². The molecule has 0 amide bonds. The maximum atomic E-state index is 12.4. The lowest BCUT2D eigenvalue weighted by molar-refractivity contribution is -0.154. The Hall–Kier alpha value is -2.74. The molecule has 1 fully saturated rings. The molecule has 1 aromatic carbocycles. The lowest BCUT2D eigenvalue weighted by Crippen LogP contribution is -2.30. The standard InChI is InChI=1S/C20H25N3O5/c1-5-15-12(3)18(27-13(4)24)19(28-15)23-17(14-10-8-7-9-11-14)16(21-22-23)20(25)26-6-2/h7-12,15,18-19H,5-6H2,1-4H3/t12-,15-,18-,19-/m1/s1. The van der Waals surface area contributed by atoms with Crippen molar-refractivity contribution in [3.05, 3.63) is 36.0 Å². The van der Waals surface area contributed by atoms with Crippen molar-refractivity contribution >= 4 is 11.9 Å². The van der Waals surface area contributed by atoms with Crippen molar-refractivity contribution in [2.75, 3.05) is 6.61 Å². The van der Waals surface area contributed by atoms with Crippen LogP contribution in [0.5, 0.6) is 0 Å². The highest BCUT2D eigenvalue weighted by Gasteiger charge is 2.46. The van der Waals surface area contributed by atoms with E-state index in [0.717, 1.165) is 12.0 Å². The molecule has 28 heavy (non-hydrogen) atoms. The van der Waals surface area contributed by atoms with Crippen molar-refractivity contribution in [1.82, 2.24) is 15.0 Å². The van der Waals surface area contributed by atoms with E-state index in [4.69, 9.17) is 14.2 Å². The van der Waals surface area contributed by atoms with Crippen LogP contribution in [-0.2, 0) is 19.0 Å². The molecule has 0 saturated carbocycles. The molecule has 0 unspecified atom stereocenters. The van der Waals surface area contributed by atoms with E-state index in [9.17, 15) is 9.59 Å². The predicted molar refractivity (Wildman–Crippen MR) is 100 cm³/mol. The number of carbonyl (C=O) groups excluding carboxylic acids is 2. The van der Waals surface area contributed by atoms with Gasteiger partial charge in [0, 0.05) is 18.4 Å². The molecule has 150 valence electrons. The molecule has 8 nitrogen and oxygen atoms in total. The van der Waals surface area contributed by atoms with E-state index < -0.39 is 24.3 Å². The Morgan fingerprint density at radius 1 is 1.21 bits per heavy atom. The lowest BCUT2D eigenvalue weighted by Gasteiger charge is -2.22. The van der Waals surface area contributed by atoms with E-state index in [1.54, 1.807) is 6.92 Å². The van der Waals surface area contributed by atoms with Gasteiger partial charge in [0.1, 0.15) is 5.69 Å². The van der Waals surface area contributed by atoms with Crippen LogP contribution in [0, 0.1) is 5.92 Å². The highest BCUT2D eigenvalue weighted by molar-refractivity contribution is 5.94. The van der Waals surface area contributed by atoms with Gasteiger partial charge in [-0.2, -0.15) is 0 Å². The van der Waals surface area contributed by atoms with Gasteiger partial charge >= 0.3 is 11.9 Å². The molecule has 0 aliphatic carbocycles. The van der Waals surface area contributed by atoms with Gasteiger partial charge in [-0.3, -0.25) is 4.79 Å². The first kappa shape index (κ1) is 20.0. The van der Waals surface area contributed by atoms with Crippen LogP contribution in [0.25, 0.3) is 11.3 Å². The van der Waals surface area contributed by atoms with Crippen molar-refractivity contribution in [3.63, 3.8) is 0 Å². The fourth-order valence-corrected chi connectivity index (χ4v) is 3.55. The van der Waals surface area contributed by atoms with Gasteiger partial charge in [0.05, 0.1) is 12.7 Å². The number of hydrogen-bond donors (Lipinski definition) is 0. The minimum absolute atomic E-state index is 0.0298. The van der Waals surface area contributed by atoms with Crippen molar-refractivity contribution < 1.29 is 23.8 Å². The SMILES string of the molecule is CCOC(=O)c1nnn([C@@H]2O[C@H](CC)[C@@H](C)[C@H]2OC(C)=O)c1-c1ccccc1.